The molecule has 0 radical (unpaired) electrons. The molecule has 0 fully saturated rings. The fourth-order valence-electron chi connectivity index (χ4n) is 1.96. The summed E-state index contributed by atoms with van der Waals surface area (Å²) in [4.78, 5) is 11.4. The summed E-state index contributed by atoms with van der Waals surface area (Å²) in [7, 11) is -2.18. The van der Waals surface area contributed by atoms with E-state index in [0.717, 1.165) is 0 Å². The van der Waals surface area contributed by atoms with Crippen LogP contribution in [0.4, 0.5) is 5.69 Å². The van der Waals surface area contributed by atoms with Gasteiger partial charge in [0.05, 0.1) is 11.5 Å². The lowest BCUT2D eigenvalue weighted by Crippen LogP contribution is -2.13. The summed E-state index contributed by atoms with van der Waals surface area (Å²) >= 11 is 0. The van der Waals surface area contributed by atoms with E-state index in [1.807, 2.05) is 0 Å². The van der Waals surface area contributed by atoms with Crippen LogP contribution < -0.4 is 9.46 Å². The highest BCUT2D eigenvalue weighted by Crippen LogP contribution is 2.20. The van der Waals surface area contributed by atoms with Gasteiger partial charge in [-0.1, -0.05) is 12.1 Å². The Morgan fingerprint density at radius 3 is 2.42 bits per heavy atom. The van der Waals surface area contributed by atoms with Crippen LogP contribution in [0.2, 0.25) is 0 Å². The van der Waals surface area contributed by atoms with Gasteiger partial charge in [-0.25, -0.2) is 8.42 Å². The third-order valence-electron chi connectivity index (χ3n) is 3.21. The number of hydrogen-bond donors (Lipinski definition) is 1. The third kappa shape index (κ3) is 4.81. The smallest absolute Gasteiger partial charge is 0.261 e. The Morgan fingerprint density at radius 1 is 1.08 bits per heavy atom. The summed E-state index contributed by atoms with van der Waals surface area (Å²) in [5, 5.41) is 0. The number of Topliss-reactive ketones (excluding diaryl/α,β-unsaturated/α-hetero) is 1. The molecule has 0 aliphatic rings. The van der Waals surface area contributed by atoms with E-state index in [9.17, 15) is 13.2 Å². The van der Waals surface area contributed by atoms with Crippen molar-refractivity contribution < 1.29 is 22.7 Å². The van der Waals surface area contributed by atoms with Crippen molar-refractivity contribution in [1.29, 1.82) is 0 Å². The highest BCUT2D eigenvalue weighted by Gasteiger charge is 2.15. The molecule has 0 atom stereocenters. The van der Waals surface area contributed by atoms with Crippen LogP contribution in [0.25, 0.3) is 0 Å². The number of ketones is 1. The minimum absolute atomic E-state index is 0.0376. The van der Waals surface area contributed by atoms with Gasteiger partial charge in [-0.15, -0.1) is 0 Å². The molecule has 0 aliphatic heterocycles. The molecule has 2 aromatic carbocycles. The van der Waals surface area contributed by atoms with Crippen LogP contribution in [0, 0.1) is 0 Å². The first-order chi connectivity index (χ1) is 11.4. The molecule has 0 amide bonds. The number of ether oxygens (including phenoxy) is 2. The van der Waals surface area contributed by atoms with Gasteiger partial charge in [0.25, 0.3) is 10.0 Å². The number of benzene rings is 2. The zero-order valence-electron chi connectivity index (χ0n) is 13.5. The Hall–Kier alpha value is -2.38. The van der Waals surface area contributed by atoms with Crippen molar-refractivity contribution >= 4 is 21.5 Å². The second-order valence-electron chi connectivity index (χ2n) is 5.06. The third-order valence-corrected chi connectivity index (χ3v) is 4.59. The molecular formula is C17H19NO5S. The normalized spacial score (nSPS) is 11.1. The summed E-state index contributed by atoms with van der Waals surface area (Å²) in [6.07, 6.45) is 0. The maximum absolute atomic E-state index is 12.4. The van der Waals surface area contributed by atoms with Crippen molar-refractivity contribution in [1.82, 2.24) is 0 Å². The number of sulfonamides is 1. The SMILES string of the molecule is COCCOc1ccc(NS(=O)(=O)c2cccc(C(C)=O)c2)cc1. The van der Waals surface area contributed by atoms with E-state index in [1.165, 1.54) is 25.1 Å². The second kappa shape index (κ2) is 7.94. The highest BCUT2D eigenvalue weighted by molar-refractivity contribution is 7.92. The van der Waals surface area contributed by atoms with Crippen molar-refractivity contribution in [3.8, 4) is 5.75 Å². The first kappa shape index (κ1) is 18.0. The first-order valence-electron chi connectivity index (χ1n) is 7.28. The fraction of sp³-hybridized carbons (Fsp3) is 0.235. The van der Waals surface area contributed by atoms with Gasteiger partial charge >= 0.3 is 0 Å². The second-order valence-corrected chi connectivity index (χ2v) is 6.74. The highest BCUT2D eigenvalue weighted by atomic mass is 32.2. The van der Waals surface area contributed by atoms with Crippen molar-refractivity contribution in [3.63, 3.8) is 0 Å². The lowest BCUT2D eigenvalue weighted by atomic mass is 10.2. The van der Waals surface area contributed by atoms with Crippen LogP contribution in [0.5, 0.6) is 5.75 Å². The molecule has 0 aliphatic carbocycles. The van der Waals surface area contributed by atoms with Crippen molar-refractivity contribution in [2.75, 3.05) is 25.0 Å². The minimum atomic E-state index is -3.77. The lowest BCUT2D eigenvalue weighted by Gasteiger charge is -2.10. The number of rotatable bonds is 8. The van der Waals surface area contributed by atoms with E-state index in [2.05, 4.69) is 4.72 Å². The standard InChI is InChI=1S/C17H19NO5S/c1-13(19)14-4-3-5-17(12-14)24(20,21)18-15-6-8-16(9-7-15)23-11-10-22-2/h3-9,12,18H,10-11H2,1-2H3. The Balaban J connectivity index is 2.11. The minimum Gasteiger partial charge on any atom is -0.491 e. The average Bonchev–Trinajstić information content (AvgIpc) is 2.56. The van der Waals surface area contributed by atoms with Crippen LogP contribution in [-0.2, 0) is 14.8 Å². The molecule has 0 aromatic heterocycles. The van der Waals surface area contributed by atoms with Gasteiger partial charge in [-0.3, -0.25) is 9.52 Å². The quantitative estimate of drug-likeness (QED) is 0.585. The van der Waals surface area contributed by atoms with Gasteiger partial charge in [-0.05, 0) is 43.3 Å². The van der Waals surface area contributed by atoms with Crippen molar-refractivity contribution in [2.45, 2.75) is 11.8 Å². The summed E-state index contributed by atoms with van der Waals surface area (Å²) in [6, 6.07) is 12.5. The van der Waals surface area contributed by atoms with Crippen molar-refractivity contribution in [2.24, 2.45) is 0 Å². The number of nitrogens with one attached hydrogen (secondary N) is 1. The largest absolute Gasteiger partial charge is 0.491 e. The van der Waals surface area contributed by atoms with E-state index in [0.29, 0.717) is 30.2 Å². The van der Waals surface area contributed by atoms with Crippen LogP contribution in [0.1, 0.15) is 17.3 Å². The lowest BCUT2D eigenvalue weighted by molar-refractivity contribution is 0.101. The zero-order chi connectivity index (χ0) is 17.6. The molecule has 2 rings (SSSR count). The Morgan fingerprint density at radius 2 is 1.79 bits per heavy atom. The van der Waals surface area contributed by atoms with Gasteiger partial charge in [0.15, 0.2) is 5.78 Å². The van der Waals surface area contributed by atoms with E-state index >= 15 is 0 Å². The Kier molecular flexibility index (Phi) is 5.94. The molecule has 0 heterocycles. The van der Waals surface area contributed by atoms with Gasteiger partial charge in [0.2, 0.25) is 0 Å². The van der Waals surface area contributed by atoms with Crippen LogP contribution in [0.3, 0.4) is 0 Å². The molecule has 0 spiro atoms. The van der Waals surface area contributed by atoms with Crippen LogP contribution >= 0.6 is 0 Å². The summed E-state index contributed by atoms with van der Waals surface area (Å²) in [6.45, 7) is 2.28. The van der Waals surface area contributed by atoms with Crippen molar-refractivity contribution in [3.05, 3.63) is 54.1 Å². The molecule has 1 N–H and O–H groups in total. The fourth-order valence-corrected chi connectivity index (χ4v) is 3.06. The number of carbonyl (C=O) groups excluding carboxylic acids is 1. The number of methoxy groups -OCH3 is 1. The zero-order valence-corrected chi connectivity index (χ0v) is 14.3. The van der Waals surface area contributed by atoms with Gasteiger partial charge in [-0.2, -0.15) is 0 Å². The maximum atomic E-state index is 12.4. The Labute approximate surface area is 141 Å². The molecule has 2 aromatic rings. The van der Waals surface area contributed by atoms with Crippen LogP contribution in [0.15, 0.2) is 53.4 Å². The predicted molar refractivity (Wildman–Crippen MR) is 91.1 cm³/mol. The molecule has 6 nitrogen and oxygen atoms in total. The Bertz CT molecular complexity index is 800. The number of hydrogen-bond acceptors (Lipinski definition) is 5. The van der Waals surface area contributed by atoms with E-state index in [4.69, 9.17) is 9.47 Å². The van der Waals surface area contributed by atoms with E-state index in [-0.39, 0.29) is 10.7 Å². The molecule has 0 unspecified atom stereocenters. The first-order valence-corrected chi connectivity index (χ1v) is 8.76. The van der Waals surface area contributed by atoms with Gasteiger partial charge in [0, 0.05) is 18.4 Å². The molecule has 0 saturated heterocycles. The van der Waals surface area contributed by atoms with Crippen LogP contribution in [-0.4, -0.2) is 34.5 Å². The summed E-state index contributed by atoms with van der Waals surface area (Å²) < 4.78 is 37.6. The van der Waals surface area contributed by atoms with E-state index in [1.54, 1.807) is 37.4 Å². The molecule has 24 heavy (non-hydrogen) atoms. The topological polar surface area (TPSA) is 81.7 Å². The average molecular weight is 349 g/mol. The monoisotopic (exact) mass is 349 g/mol. The molecule has 0 saturated carbocycles. The number of anilines is 1. The number of carbonyl (C=O) groups is 1. The summed E-state index contributed by atoms with van der Waals surface area (Å²) in [5.41, 5.74) is 0.752. The maximum Gasteiger partial charge on any atom is 0.261 e. The molecule has 0 bridgehead atoms. The molecule has 7 heteroatoms. The van der Waals surface area contributed by atoms with Gasteiger partial charge < -0.3 is 9.47 Å². The predicted octanol–water partition coefficient (Wildman–Crippen LogP) is 2.72. The van der Waals surface area contributed by atoms with E-state index < -0.39 is 10.0 Å². The van der Waals surface area contributed by atoms with Gasteiger partial charge in [0.1, 0.15) is 12.4 Å². The molecule has 128 valence electrons. The molecular weight excluding hydrogens is 330 g/mol. The summed E-state index contributed by atoms with van der Waals surface area (Å²) in [5.74, 6) is 0.429.